The summed E-state index contributed by atoms with van der Waals surface area (Å²) in [6.45, 7) is 1.97. The van der Waals surface area contributed by atoms with Crippen LogP contribution in [0, 0.1) is 6.92 Å². The molecule has 18 heavy (non-hydrogen) atoms. The molecule has 0 spiro atoms. The van der Waals surface area contributed by atoms with Crippen molar-refractivity contribution >= 4 is 11.9 Å². The van der Waals surface area contributed by atoms with Crippen molar-refractivity contribution in [3.05, 3.63) is 34.9 Å². The van der Waals surface area contributed by atoms with E-state index in [1.807, 2.05) is 25.1 Å². The van der Waals surface area contributed by atoms with Crippen molar-refractivity contribution in [2.75, 3.05) is 14.2 Å². The molecule has 0 aliphatic heterocycles. The third-order valence-electron chi connectivity index (χ3n) is 2.81. The van der Waals surface area contributed by atoms with Gasteiger partial charge in [-0.15, -0.1) is 0 Å². The highest BCUT2D eigenvalue weighted by Gasteiger charge is 2.07. The molecular formula is C14H18O4. The van der Waals surface area contributed by atoms with Crippen LogP contribution in [-0.4, -0.2) is 26.2 Å². The number of aryl methyl sites for hydroxylation is 2. The lowest BCUT2D eigenvalue weighted by Gasteiger charge is -2.07. The number of hydrogen-bond acceptors (Lipinski definition) is 4. The summed E-state index contributed by atoms with van der Waals surface area (Å²) in [5.74, 6) is -0.468. The lowest BCUT2D eigenvalue weighted by Crippen LogP contribution is -2.06. The topological polar surface area (TPSA) is 52.6 Å². The smallest absolute Gasteiger partial charge is 0.309 e. The Morgan fingerprint density at radius 3 is 2.33 bits per heavy atom. The molecule has 98 valence electrons. The van der Waals surface area contributed by atoms with Gasteiger partial charge < -0.3 is 9.47 Å². The molecule has 0 fully saturated rings. The van der Waals surface area contributed by atoms with Gasteiger partial charge in [-0.05, 0) is 30.0 Å². The Morgan fingerprint density at radius 1 is 1.11 bits per heavy atom. The lowest BCUT2D eigenvalue weighted by molar-refractivity contribution is -0.141. The van der Waals surface area contributed by atoms with Crippen LogP contribution in [0.25, 0.3) is 0 Å². The molecule has 1 rings (SSSR count). The Kier molecular flexibility index (Phi) is 5.36. The SMILES string of the molecule is COC(=O)CCc1ccc(CC(=O)OC)cc1C. The van der Waals surface area contributed by atoms with Crippen LogP contribution in [-0.2, 0) is 31.9 Å². The number of hydrogen-bond donors (Lipinski definition) is 0. The Morgan fingerprint density at radius 2 is 1.78 bits per heavy atom. The summed E-state index contributed by atoms with van der Waals surface area (Å²) >= 11 is 0. The highest BCUT2D eigenvalue weighted by Crippen LogP contribution is 2.14. The minimum absolute atomic E-state index is 0.215. The van der Waals surface area contributed by atoms with Crippen LogP contribution in [0.5, 0.6) is 0 Å². The average molecular weight is 250 g/mol. The van der Waals surface area contributed by atoms with E-state index >= 15 is 0 Å². The van der Waals surface area contributed by atoms with Gasteiger partial charge >= 0.3 is 11.9 Å². The van der Waals surface area contributed by atoms with E-state index in [9.17, 15) is 9.59 Å². The molecule has 0 amide bonds. The van der Waals surface area contributed by atoms with Crippen molar-refractivity contribution in [1.29, 1.82) is 0 Å². The predicted octanol–water partition coefficient (Wildman–Crippen LogP) is 1.82. The van der Waals surface area contributed by atoms with Gasteiger partial charge in [-0.25, -0.2) is 0 Å². The van der Waals surface area contributed by atoms with Crippen molar-refractivity contribution in [3.8, 4) is 0 Å². The van der Waals surface area contributed by atoms with Gasteiger partial charge in [0.25, 0.3) is 0 Å². The van der Waals surface area contributed by atoms with E-state index in [0.717, 1.165) is 16.7 Å². The van der Waals surface area contributed by atoms with Crippen LogP contribution in [0.3, 0.4) is 0 Å². The van der Waals surface area contributed by atoms with Gasteiger partial charge in [0.1, 0.15) is 0 Å². The van der Waals surface area contributed by atoms with Gasteiger partial charge in [-0.2, -0.15) is 0 Å². The maximum Gasteiger partial charge on any atom is 0.309 e. The number of carbonyl (C=O) groups excluding carboxylic acids is 2. The number of benzene rings is 1. The monoisotopic (exact) mass is 250 g/mol. The molecule has 4 heteroatoms. The highest BCUT2D eigenvalue weighted by molar-refractivity contribution is 5.72. The zero-order valence-corrected chi connectivity index (χ0v) is 11.0. The first-order chi connectivity index (χ1) is 8.56. The summed E-state index contributed by atoms with van der Waals surface area (Å²) in [5.41, 5.74) is 3.08. The molecule has 0 saturated heterocycles. The maximum atomic E-state index is 11.1. The fourth-order valence-electron chi connectivity index (χ4n) is 1.73. The Balaban J connectivity index is 2.67. The Hall–Kier alpha value is -1.84. The lowest BCUT2D eigenvalue weighted by atomic mass is 10.00. The number of rotatable bonds is 5. The molecule has 1 aromatic rings. The molecule has 0 aromatic heterocycles. The first-order valence-corrected chi connectivity index (χ1v) is 5.79. The summed E-state index contributed by atoms with van der Waals surface area (Å²) in [6.07, 6.45) is 1.29. The molecule has 0 radical (unpaired) electrons. The molecule has 1 aromatic carbocycles. The average Bonchev–Trinajstić information content (AvgIpc) is 2.37. The Bertz CT molecular complexity index is 437. The molecule has 0 aliphatic carbocycles. The molecule has 0 atom stereocenters. The fraction of sp³-hybridized carbons (Fsp3) is 0.429. The van der Waals surface area contributed by atoms with E-state index in [1.54, 1.807) is 0 Å². The van der Waals surface area contributed by atoms with E-state index in [1.165, 1.54) is 14.2 Å². The standard InChI is InChI=1S/C14H18O4/c1-10-8-11(9-14(16)18-3)4-5-12(10)6-7-13(15)17-2/h4-5,8H,6-7,9H2,1-3H3. The molecule has 0 bridgehead atoms. The summed E-state index contributed by atoms with van der Waals surface area (Å²) in [5, 5.41) is 0. The molecule has 0 N–H and O–H groups in total. The largest absolute Gasteiger partial charge is 0.469 e. The number of esters is 2. The van der Waals surface area contributed by atoms with Crippen LogP contribution in [0.4, 0.5) is 0 Å². The maximum absolute atomic E-state index is 11.1. The van der Waals surface area contributed by atoms with Crippen molar-refractivity contribution in [3.63, 3.8) is 0 Å². The molecule has 0 aliphatic rings. The fourth-order valence-corrected chi connectivity index (χ4v) is 1.73. The molecule has 4 nitrogen and oxygen atoms in total. The molecular weight excluding hydrogens is 232 g/mol. The number of carbonyl (C=O) groups is 2. The van der Waals surface area contributed by atoms with Crippen molar-refractivity contribution < 1.29 is 19.1 Å². The van der Waals surface area contributed by atoms with Crippen LogP contribution in [0.15, 0.2) is 18.2 Å². The molecule has 0 heterocycles. The summed E-state index contributed by atoms with van der Waals surface area (Å²) < 4.78 is 9.22. The highest BCUT2D eigenvalue weighted by atomic mass is 16.5. The minimum Gasteiger partial charge on any atom is -0.469 e. The zero-order chi connectivity index (χ0) is 13.5. The minimum atomic E-state index is -0.253. The summed E-state index contributed by atoms with van der Waals surface area (Å²) in [7, 11) is 2.76. The van der Waals surface area contributed by atoms with Gasteiger partial charge in [0.15, 0.2) is 0 Å². The van der Waals surface area contributed by atoms with Crippen molar-refractivity contribution in [2.45, 2.75) is 26.2 Å². The second-order valence-corrected chi connectivity index (χ2v) is 4.09. The van der Waals surface area contributed by atoms with Gasteiger partial charge in [0, 0.05) is 6.42 Å². The van der Waals surface area contributed by atoms with E-state index in [0.29, 0.717) is 12.8 Å². The third kappa shape index (κ3) is 4.20. The van der Waals surface area contributed by atoms with Crippen LogP contribution in [0.1, 0.15) is 23.1 Å². The second-order valence-electron chi connectivity index (χ2n) is 4.09. The normalized spacial score (nSPS) is 9.94. The van der Waals surface area contributed by atoms with Crippen LogP contribution >= 0.6 is 0 Å². The van der Waals surface area contributed by atoms with Gasteiger partial charge in [-0.3, -0.25) is 9.59 Å². The van der Waals surface area contributed by atoms with E-state index in [2.05, 4.69) is 9.47 Å². The van der Waals surface area contributed by atoms with Crippen LogP contribution in [0.2, 0.25) is 0 Å². The zero-order valence-electron chi connectivity index (χ0n) is 11.0. The summed E-state index contributed by atoms with van der Waals surface area (Å²) in [6, 6.07) is 5.77. The van der Waals surface area contributed by atoms with Crippen molar-refractivity contribution in [1.82, 2.24) is 0 Å². The molecule has 0 unspecified atom stereocenters. The Labute approximate surface area is 107 Å². The summed E-state index contributed by atoms with van der Waals surface area (Å²) in [4.78, 5) is 22.2. The van der Waals surface area contributed by atoms with Gasteiger partial charge in [0.2, 0.25) is 0 Å². The first kappa shape index (κ1) is 14.2. The second kappa shape index (κ2) is 6.79. The third-order valence-corrected chi connectivity index (χ3v) is 2.81. The molecule has 0 saturated carbocycles. The number of methoxy groups -OCH3 is 2. The van der Waals surface area contributed by atoms with Crippen LogP contribution < -0.4 is 0 Å². The number of ether oxygens (including phenoxy) is 2. The van der Waals surface area contributed by atoms with E-state index in [4.69, 9.17) is 0 Å². The first-order valence-electron chi connectivity index (χ1n) is 5.79. The van der Waals surface area contributed by atoms with E-state index in [-0.39, 0.29) is 18.4 Å². The quantitative estimate of drug-likeness (QED) is 0.748. The van der Waals surface area contributed by atoms with Gasteiger partial charge in [0.05, 0.1) is 20.6 Å². The van der Waals surface area contributed by atoms with Crippen molar-refractivity contribution in [2.24, 2.45) is 0 Å². The van der Waals surface area contributed by atoms with Gasteiger partial charge in [-0.1, -0.05) is 18.2 Å². The predicted molar refractivity (Wildman–Crippen MR) is 67.2 cm³/mol. The van der Waals surface area contributed by atoms with E-state index < -0.39 is 0 Å².